The van der Waals surface area contributed by atoms with E-state index < -0.39 is 11.4 Å². The maximum atomic E-state index is 12.3. The summed E-state index contributed by atoms with van der Waals surface area (Å²) in [5.41, 5.74) is 3.41. The molecule has 8 nitrogen and oxygen atoms in total. The number of nitrogens with zero attached hydrogens (tertiary/aromatic N) is 2. The SMILES string of the molecule is CC(C)(C)OC(=O)N1CCC(Oc2ccc(CN3CCC(c4cccc5[nH]c(=O)oc45)CC3)cc2)CC1. The van der Waals surface area contributed by atoms with Gasteiger partial charge in [0.1, 0.15) is 17.5 Å². The van der Waals surface area contributed by atoms with Crippen LogP contribution in [-0.4, -0.2) is 58.8 Å². The summed E-state index contributed by atoms with van der Waals surface area (Å²) >= 11 is 0. The van der Waals surface area contributed by atoms with Crippen LogP contribution < -0.4 is 10.5 Å². The van der Waals surface area contributed by atoms with Crippen LogP contribution >= 0.6 is 0 Å². The molecular formula is C29H37N3O5. The third-order valence-electron chi connectivity index (χ3n) is 7.23. The number of carbonyl (C=O) groups excluding carboxylic acids is 1. The Morgan fingerprint density at radius 3 is 2.38 bits per heavy atom. The van der Waals surface area contributed by atoms with Gasteiger partial charge in [0.2, 0.25) is 0 Å². The molecule has 5 rings (SSSR count). The van der Waals surface area contributed by atoms with Gasteiger partial charge < -0.3 is 18.8 Å². The van der Waals surface area contributed by atoms with Crippen LogP contribution in [0.5, 0.6) is 5.75 Å². The zero-order valence-electron chi connectivity index (χ0n) is 22.0. The van der Waals surface area contributed by atoms with Crippen molar-refractivity contribution in [1.29, 1.82) is 0 Å². The van der Waals surface area contributed by atoms with Gasteiger partial charge >= 0.3 is 11.8 Å². The van der Waals surface area contributed by atoms with Crippen LogP contribution in [-0.2, 0) is 11.3 Å². The van der Waals surface area contributed by atoms with E-state index >= 15 is 0 Å². The molecule has 198 valence electrons. The number of carbonyl (C=O) groups is 1. The Bertz CT molecular complexity index is 1260. The summed E-state index contributed by atoms with van der Waals surface area (Å²) < 4.78 is 17.1. The Morgan fingerprint density at radius 1 is 1.00 bits per heavy atom. The largest absolute Gasteiger partial charge is 0.490 e. The number of amides is 1. The van der Waals surface area contributed by atoms with E-state index in [9.17, 15) is 9.59 Å². The second kappa shape index (κ2) is 10.6. The van der Waals surface area contributed by atoms with Crippen LogP contribution in [0.1, 0.15) is 63.5 Å². The Balaban J connectivity index is 1.08. The maximum Gasteiger partial charge on any atom is 0.417 e. The summed E-state index contributed by atoms with van der Waals surface area (Å²) in [6, 6.07) is 14.4. The number of para-hydroxylation sites is 1. The highest BCUT2D eigenvalue weighted by Crippen LogP contribution is 2.33. The van der Waals surface area contributed by atoms with Crippen molar-refractivity contribution in [2.75, 3.05) is 26.2 Å². The summed E-state index contributed by atoms with van der Waals surface area (Å²) in [5, 5.41) is 0. The van der Waals surface area contributed by atoms with Crippen LogP contribution in [0.2, 0.25) is 0 Å². The molecule has 2 aliphatic rings. The Labute approximate surface area is 217 Å². The third kappa shape index (κ3) is 6.36. The number of ether oxygens (including phenoxy) is 2. The van der Waals surface area contributed by atoms with Crippen molar-refractivity contribution in [3.8, 4) is 5.75 Å². The number of fused-ring (bicyclic) bond motifs is 1. The van der Waals surface area contributed by atoms with E-state index in [1.165, 1.54) is 5.56 Å². The van der Waals surface area contributed by atoms with E-state index in [0.29, 0.717) is 24.6 Å². The number of rotatable bonds is 5. The summed E-state index contributed by atoms with van der Waals surface area (Å²) in [5.74, 6) is 0.884. The minimum Gasteiger partial charge on any atom is -0.490 e. The maximum absolute atomic E-state index is 12.3. The Morgan fingerprint density at radius 2 is 1.70 bits per heavy atom. The van der Waals surface area contributed by atoms with Crippen LogP contribution in [0.25, 0.3) is 11.1 Å². The van der Waals surface area contributed by atoms with Gasteiger partial charge in [-0.1, -0.05) is 24.3 Å². The number of hydrogen-bond donors (Lipinski definition) is 1. The van der Waals surface area contributed by atoms with Crippen molar-refractivity contribution in [2.24, 2.45) is 0 Å². The molecule has 8 heteroatoms. The van der Waals surface area contributed by atoms with Crippen LogP contribution in [0.15, 0.2) is 51.7 Å². The predicted molar refractivity (Wildman–Crippen MR) is 142 cm³/mol. The average molecular weight is 508 g/mol. The summed E-state index contributed by atoms with van der Waals surface area (Å²) in [7, 11) is 0. The molecule has 0 spiro atoms. The molecule has 0 radical (unpaired) electrons. The van der Waals surface area contributed by atoms with Gasteiger partial charge in [0, 0.05) is 38.0 Å². The Kier molecular flexibility index (Phi) is 7.29. The number of aromatic amines is 1. The number of oxazole rings is 1. The molecule has 0 bridgehead atoms. The second-order valence-electron chi connectivity index (χ2n) is 11.2. The number of piperidine rings is 2. The zero-order valence-corrected chi connectivity index (χ0v) is 22.0. The molecule has 2 aromatic carbocycles. The van der Waals surface area contributed by atoms with Crippen LogP contribution in [0.4, 0.5) is 4.79 Å². The second-order valence-corrected chi connectivity index (χ2v) is 11.2. The van der Waals surface area contributed by atoms with E-state index in [1.54, 1.807) is 4.90 Å². The normalized spacial score (nSPS) is 18.3. The summed E-state index contributed by atoms with van der Waals surface area (Å²) in [6.45, 7) is 9.88. The molecule has 3 heterocycles. The van der Waals surface area contributed by atoms with Gasteiger partial charge in [0.25, 0.3) is 0 Å². The highest BCUT2D eigenvalue weighted by molar-refractivity contribution is 5.76. The van der Waals surface area contributed by atoms with Gasteiger partial charge in [0.05, 0.1) is 5.52 Å². The lowest BCUT2D eigenvalue weighted by Gasteiger charge is -2.33. The fourth-order valence-corrected chi connectivity index (χ4v) is 5.33. The first-order valence-corrected chi connectivity index (χ1v) is 13.3. The van der Waals surface area contributed by atoms with Crippen molar-refractivity contribution < 1.29 is 18.7 Å². The van der Waals surface area contributed by atoms with Gasteiger partial charge in [-0.05, 0) is 76.4 Å². The lowest BCUT2D eigenvalue weighted by molar-refractivity contribution is 0.0126. The lowest BCUT2D eigenvalue weighted by Crippen LogP contribution is -2.44. The lowest BCUT2D eigenvalue weighted by atomic mass is 9.89. The fourth-order valence-electron chi connectivity index (χ4n) is 5.33. The highest BCUT2D eigenvalue weighted by atomic mass is 16.6. The van der Waals surface area contributed by atoms with Crippen molar-refractivity contribution in [3.05, 3.63) is 64.1 Å². The molecule has 0 aliphatic carbocycles. The van der Waals surface area contributed by atoms with Gasteiger partial charge in [-0.2, -0.15) is 0 Å². The average Bonchev–Trinajstić information content (AvgIpc) is 3.25. The molecule has 2 aliphatic heterocycles. The van der Waals surface area contributed by atoms with Crippen molar-refractivity contribution in [3.63, 3.8) is 0 Å². The first-order valence-electron chi connectivity index (χ1n) is 13.3. The molecule has 2 fully saturated rings. The molecule has 2 saturated heterocycles. The molecule has 1 N–H and O–H groups in total. The minimum absolute atomic E-state index is 0.109. The molecule has 1 aromatic heterocycles. The number of H-pyrrole nitrogens is 1. The van der Waals surface area contributed by atoms with Gasteiger partial charge in [-0.15, -0.1) is 0 Å². The van der Waals surface area contributed by atoms with Gasteiger partial charge in [-0.25, -0.2) is 9.59 Å². The summed E-state index contributed by atoms with van der Waals surface area (Å²) in [4.78, 5) is 30.9. The van der Waals surface area contributed by atoms with Crippen molar-refractivity contribution in [1.82, 2.24) is 14.8 Å². The van der Waals surface area contributed by atoms with Crippen molar-refractivity contribution in [2.45, 2.75) is 70.6 Å². The summed E-state index contributed by atoms with van der Waals surface area (Å²) in [6.07, 6.45) is 3.55. The van der Waals surface area contributed by atoms with E-state index in [0.717, 1.165) is 62.1 Å². The number of aromatic nitrogens is 1. The smallest absolute Gasteiger partial charge is 0.417 e. The van der Waals surface area contributed by atoms with Crippen molar-refractivity contribution >= 4 is 17.2 Å². The molecule has 0 unspecified atom stereocenters. The molecule has 0 atom stereocenters. The first-order chi connectivity index (χ1) is 17.7. The molecule has 1 amide bonds. The predicted octanol–water partition coefficient (Wildman–Crippen LogP) is 5.28. The zero-order chi connectivity index (χ0) is 26.0. The van der Waals surface area contributed by atoms with Crippen LogP contribution in [0, 0.1) is 0 Å². The van der Waals surface area contributed by atoms with E-state index in [4.69, 9.17) is 13.9 Å². The van der Waals surface area contributed by atoms with Crippen LogP contribution in [0.3, 0.4) is 0 Å². The number of hydrogen-bond acceptors (Lipinski definition) is 6. The topological polar surface area (TPSA) is 88.0 Å². The Hall–Kier alpha value is -3.26. The van der Waals surface area contributed by atoms with E-state index in [-0.39, 0.29) is 12.2 Å². The van der Waals surface area contributed by atoms with E-state index in [1.807, 2.05) is 32.9 Å². The first kappa shape index (κ1) is 25.4. The molecule has 3 aromatic rings. The number of likely N-dealkylation sites (tertiary alicyclic amines) is 2. The monoisotopic (exact) mass is 507 g/mol. The molecular weight excluding hydrogens is 470 g/mol. The third-order valence-corrected chi connectivity index (χ3v) is 7.23. The standard InChI is InChI=1S/C29H37N3O5/c1-29(2,3)37-28(34)32-17-13-23(14-18-32)35-22-9-7-20(8-10-22)19-31-15-11-21(12-16-31)24-5-4-6-25-26(24)36-27(33)30-25/h4-10,21,23H,11-19H2,1-3H3,(H,30,33). The molecule has 0 saturated carbocycles. The minimum atomic E-state index is -0.474. The van der Waals surface area contributed by atoms with E-state index in [2.05, 4.69) is 40.2 Å². The highest BCUT2D eigenvalue weighted by Gasteiger charge is 2.28. The number of nitrogens with one attached hydrogen (secondary N) is 1. The fraction of sp³-hybridized carbons (Fsp3) is 0.517. The quantitative estimate of drug-likeness (QED) is 0.506. The molecule has 37 heavy (non-hydrogen) atoms. The van der Waals surface area contributed by atoms with Gasteiger partial charge in [0.15, 0.2) is 5.58 Å². The van der Waals surface area contributed by atoms with Gasteiger partial charge in [-0.3, -0.25) is 9.88 Å². The number of benzene rings is 2.